The van der Waals surface area contributed by atoms with E-state index in [1.54, 1.807) is 4.52 Å². The maximum absolute atomic E-state index is 12.9. The van der Waals surface area contributed by atoms with Gasteiger partial charge in [0.15, 0.2) is 5.65 Å². The van der Waals surface area contributed by atoms with Crippen molar-refractivity contribution in [2.45, 2.75) is 45.1 Å². The van der Waals surface area contributed by atoms with Crippen LogP contribution in [0.25, 0.3) is 5.65 Å². The summed E-state index contributed by atoms with van der Waals surface area (Å²) in [5.74, 6) is 1.80. The number of hydrogen-bond acceptors (Lipinski definition) is 7. The van der Waals surface area contributed by atoms with E-state index in [1.807, 2.05) is 12.3 Å². The zero-order chi connectivity index (χ0) is 21.1. The number of amides is 1. The van der Waals surface area contributed by atoms with E-state index in [0.717, 1.165) is 50.1 Å². The van der Waals surface area contributed by atoms with E-state index in [0.29, 0.717) is 24.7 Å². The number of aromatic nitrogens is 3. The van der Waals surface area contributed by atoms with Crippen molar-refractivity contribution in [3.63, 3.8) is 0 Å². The third-order valence-electron chi connectivity index (χ3n) is 6.22. The number of nitrogens with one attached hydrogen (secondary N) is 4. The summed E-state index contributed by atoms with van der Waals surface area (Å²) in [6, 6.07) is 1.84. The number of aliphatic hydroxyl groups is 1. The van der Waals surface area contributed by atoms with Gasteiger partial charge in [0.25, 0.3) is 0 Å². The van der Waals surface area contributed by atoms with E-state index in [1.165, 1.54) is 0 Å². The van der Waals surface area contributed by atoms with Crippen LogP contribution in [0.2, 0.25) is 0 Å². The molecular formula is C21H34ClN7O2. The van der Waals surface area contributed by atoms with E-state index in [-0.39, 0.29) is 42.2 Å². The minimum Gasteiger partial charge on any atom is -0.391 e. The standard InChI is InChI=1S/C21H33N7O2.ClH/c1-13(2)16-11-25-28-19(27-21(30)14-3-6-22-7-4-14)9-18(26-20(16)28)24-10-15-5-8-23-12-17(15)29;/h9,11,13-15,17,22-23,29H,3-8,10,12H2,1-2H3,(H,24,26)(H,27,30);1H/t15-,17+;/m1./s1. The Morgan fingerprint density at radius 3 is 2.71 bits per heavy atom. The molecule has 0 aromatic carbocycles. The Bertz CT molecular complexity index is 882. The van der Waals surface area contributed by atoms with Gasteiger partial charge >= 0.3 is 0 Å². The normalized spacial score (nSPS) is 22.3. The molecule has 2 atom stereocenters. The number of carbonyl (C=O) groups is 1. The Hall–Kier alpha value is -1.94. The highest BCUT2D eigenvalue weighted by molar-refractivity contribution is 5.92. The third kappa shape index (κ3) is 5.46. The van der Waals surface area contributed by atoms with Crippen LogP contribution in [0.3, 0.4) is 0 Å². The molecule has 9 nitrogen and oxygen atoms in total. The van der Waals surface area contributed by atoms with Gasteiger partial charge in [-0.2, -0.15) is 9.61 Å². The molecule has 0 spiro atoms. The first-order valence-corrected chi connectivity index (χ1v) is 11.1. The summed E-state index contributed by atoms with van der Waals surface area (Å²) in [7, 11) is 0. The number of aliphatic hydroxyl groups excluding tert-OH is 1. The van der Waals surface area contributed by atoms with Crippen LogP contribution in [0.15, 0.2) is 12.3 Å². The lowest BCUT2D eigenvalue weighted by molar-refractivity contribution is -0.120. The Kier molecular flexibility index (Phi) is 8.10. The average Bonchev–Trinajstić information content (AvgIpc) is 3.18. The smallest absolute Gasteiger partial charge is 0.228 e. The van der Waals surface area contributed by atoms with Crippen LogP contribution in [0.5, 0.6) is 0 Å². The lowest BCUT2D eigenvalue weighted by atomic mass is 9.95. The lowest BCUT2D eigenvalue weighted by Gasteiger charge is -2.28. The highest BCUT2D eigenvalue weighted by Gasteiger charge is 2.24. The molecule has 5 N–H and O–H groups in total. The molecule has 0 bridgehead atoms. The third-order valence-corrected chi connectivity index (χ3v) is 6.22. The molecule has 0 aliphatic carbocycles. The molecule has 0 unspecified atom stereocenters. The predicted octanol–water partition coefficient (Wildman–Crippen LogP) is 1.59. The number of piperidine rings is 2. The highest BCUT2D eigenvalue weighted by Crippen LogP contribution is 2.25. The largest absolute Gasteiger partial charge is 0.391 e. The van der Waals surface area contributed by atoms with Gasteiger partial charge in [0.1, 0.15) is 11.6 Å². The van der Waals surface area contributed by atoms with Gasteiger partial charge < -0.3 is 26.4 Å². The van der Waals surface area contributed by atoms with Crippen molar-refractivity contribution in [1.29, 1.82) is 0 Å². The first-order valence-electron chi connectivity index (χ1n) is 11.1. The molecule has 2 aromatic heterocycles. The molecule has 0 saturated carbocycles. The number of anilines is 2. The van der Waals surface area contributed by atoms with Gasteiger partial charge in [-0.1, -0.05) is 13.8 Å². The van der Waals surface area contributed by atoms with Gasteiger partial charge in [-0.3, -0.25) is 4.79 Å². The Balaban J connectivity index is 0.00000272. The highest BCUT2D eigenvalue weighted by atomic mass is 35.5. The summed E-state index contributed by atoms with van der Waals surface area (Å²) in [5, 5.41) is 27.7. The molecule has 2 aromatic rings. The van der Waals surface area contributed by atoms with Crippen molar-refractivity contribution in [3.8, 4) is 0 Å². The predicted molar refractivity (Wildman–Crippen MR) is 124 cm³/mol. The van der Waals surface area contributed by atoms with Crippen LogP contribution in [-0.4, -0.2) is 64.4 Å². The monoisotopic (exact) mass is 451 g/mol. The van der Waals surface area contributed by atoms with Crippen molar-refractivity contribution >= 4 is 35.6 Å². The van der Waals surface area contributed by atoms with E-state index in [9.17, 15) is 9.90 Å². The van der Waals surface area contributed by atoms with Gasteiger partial charge in [0.05, 0.1) is 12.3 Å². The number of hydrogen-bond donors (Lipinski definition) is 5. The molecular weight excluding hydrogens is 418 g/mol. The first-order chi connectivity index (χ1) is 14.5. The molecule has 2 fully saturated rings. The summed E-state index contributed by atoms with van der Waals surface area (Å²) in [6.07, 6.45) is 4.06. The maximum Gasteiger partial charge on any atom is 0.228 e. The van der Waals surface area contributed by atoms with Crippen LogP contribution in [0, 0.1) is 11.8 Å². The zero-order valence-electron chi connectivity index (χ0n) is 18.2. The van der Waals surface area contributed by atoms with Gasteiger partial charge in [0, 0.05) is 36.6 Å². The fourth-order valence-electron chi connectivity index (χ4n) is 4.25. The van der Waals surface area contributed by atoms with E-state index >= 15 is 0 Å². The van der Waals surface area contributed by atoms with Gasteiger partial charge in [-0.15, -0.1) is 12.4 Å². The molecule has 0 radical (unpaired) electrons. The fraction of sp³-hybridized carbons (Fsp3) is 0.667. The van der Waals surface area contributed by atoms with E-state index < -0.39 is 0 Å². The Morgan fingerprint density at radius 2 is 2.00 bits per heavy atom. The van der Waals surface area contributed by atoms with Gasteiger partial charge in [-0.05, 0) is 44.8 Å². The minimum atomic E-state index is -0.366. The van der Waals surface area contributed by atoms with E-state index in [2.05, 4.69) is 40.2 Å². The summed E-state index contributed by atoms with van der Waals surface area (Å²) in [6.45, 7) is 8.13. The number of nitrogens with zero attached hydrogens (tertiary/aromatic N) is 3. The second kappa shape index (κ2) is 10.6. The number of halogens is 1. The summed E-state index contributed by atoms with van der Waals surface area (Å²) >= 11 is 0. The van der Waals surface area contributed by atoms with Gasteiger partial charge in [-0.25, -0.2) is 4.98 Å². The molecule has 1 amide bonds. The van der Waals surface area contributed by atoms with Crippen LogP contribution >= 0.6 is 12.4 Å². The molecule has 4 rings (SSSR count). The fourth-order valence-corrected chi connectivity index (χ4v) is 4.25. The van der Waals surface area contributed by atoms with Crippen molar-refractivity contribution in [2.75, 3.05) is 43.4 Å². The second-order valence-electron chi connectivity index (χ2n) is 8.73. The zero-order valence-corrected chi connectivity index (χ0v) is 19.0. The SMILES string of the molecule is CC(C)c1cnn2c(NC(=O)C3CCNCC3)cc(NC[C@H]3CCNC[C@@H]3O)nc12.Cl. The van der Waals surface area contributed by atoms with Crippen LogP contribution in [0.1, 0.15) is 44.6 Å². The van der Waals surface area contributed by atoms with Crippen molar-refractivity contribution in [1.82, 2.24) is 25.2 Å². The van der Waals surface area contributed by atoms with E-state index in [4.69, 9.17) is 4.98 Å². The molecule has 31 heavy (non-hydrogen) atoms. The van der Waals surface area contributed by atoms with Crippen LogP contribution in [0.4, 0.5) is 11.6 Å². The Morgan fingerprint density at radius 1 is 1.26 bits per heavy atom. The Labute approximate surface area is 189 Å². The molecule has 2 saturated heterocycles. The topological polar surface area (TPSA) is 116 Å². The number of β-amino-alcohol motifs (C(OH)–C–C–N with tert-alkyl or cyclic N) is 1. The number of carbonyl (C=O) groups excluding carboxylic acids is 1. The van der Waals surface area contributed by atoms with Crippen molar-refractivity contribution in [3.05, 3.63) is 17.8 Å². The molecule has 2 aliphatic heterocycles. The minimum absolute atomic E-state index is 0. The lowest BCUT2D eigenvalue weighted by Crippen LogP contribution is -2.43. The van der Waals surface area contributed by atoms with Crippen molar-refractivity contribution in [2.24, 2.45) is 11.8 Å². The average molecular weight is 452 g/mol. The summed E-state index contributed by atoms with van der Waals surface area (Å²) < 4.78 is 1.72. The summed E-state index contributed by atoms with van der Waals surface area (Å²) in [5.41, 5.74) is 1.79. The number of fused-ring (bicyclic) bond motifs is 1. The summed E-state index contributed by atoms with van der Waals surface area (Å²) in [4.78, 5) is 17.6. The number of rotatable bonds is 6. The first kappa shape index (κ1) is 23.7. The molecule has 10 heteroatoms. The van der Waals surface area contributed by atoms with Crippen molar-refractivity contribution < 1.29 is 9.90 Å². The molecule has 172 valence electrons. The second-order valence-corrected chi connectivity index (χ2v) is 8.73. The maximum atomic E-state index is 12.9. The molecule has 4 heterocycles. The van der Waals surface area contributed by atoms with Gasteiger partial charge in [0.2, 0.25) is 5.91 Å². The van der Waals surface area contributed by atoms with Crippen LogP contribution < -0.4 is 21.3 Å². The molecule has 2 aliphatic rings. The van der Waals surface area contributed by atoms with Crippen LogP contribution in [-0.2, 0) is 4.79 Å². The quantitative estimate of drug-likeness (QED) is 0.453.